The molecule has 0 saturated heterocycles. The summed E-state index contributed by atoms with van der Waals surface area (Å²) in [6, 6.07) is 10.5. The van der Waals surface area contributed by atoms with E-state index in [2.05, 4.69) is 15.3 Å². The third-order valence-electron chi connectivity index (χ3n) is 7.04. The highest BCUT2D eigenvalue weighted by molar-refractivity contribution is 5.98. The number of carbonyl (C=O) groups excluding carboxylic acids is 2. The van der Waals surface area contributed by atoms with Gasteiger partial charge in [-0.25, -0.2) is 13.8 Å². The van der Waals surface area contributed by atoms with Crippen LogP contribution in [0, 0.1) is 11.6 Å². The van der Waals surface area contributed by atoms with E-state index in [9.17, 15) is 36.6 Å². The molecule has 1 aliphatic heterocycles. The van der Waals surface area contributed by atoms with Crippen molar-refractivity contribution >= 4 is 22.7 Å². The number of carbonyl (C=O) groups is 2. The number of rotatable bonds is 6. The van der Waals surface area contributed by atoms with Crippen molar-refractivity contribution in [3.05, 3.63) is 89.2 Å². The Hall–Kier alpha value is -4.65. The molecule has 4 aromatic rings. The highest BCUT2D eigenvalue weighted by atomic mass is 19.4. The van der Waals surface area contributed by atoms with Gasteiger partial charge in [-0.3, -0.25) is 14.6 Å². The van der Waals surface area contributed by atoms with Crippen molar-refractivity contribution in [2.24, 2.45) is 5.73 Å². The number of hydrogen-bond acceptors (Lipinski definition) is 6. The van der Waals surface area contributed by atoms with Gasteiger partial charge in [0.05, 0.1) is 24.0 Å². The Balaban J connectivity index is 1.58. The Morgan fingerprint density at radius 3 is 2.44 bits per heavy atom. The van der Waals surface area contributed by atoms with Crippen molar-refractivity contribution in [1.29, 1.82) is 0 Å². The van der Waals surface area contributed by atoms with Crippen LogP contribution in [0.1, 0.15) is 28.5 Å². The molecule has 2 aromatic carbocycles. The summed E-state index contributed by atoms with van der Waals surface area (Å²) in [5, 5.41) is 13.4. The van der Waals surface area contributed by atoms with Gasteiger partial charge in [0, 0.05) is 22.1 Å². The molecule has 5 rings (SSSR count). The molecule has 212 valence electrons. The third kappa shape index (κ3) is 4.82. The van der Waals surface area contributed by atoms with Crippen molar-refractivity contribution in [3.63, 3.8) is 0 Å². The Bertz CT molecular complexity index is 1700. The first-order valence-electron chi connectivity index (χ1n) is 12.1. The molecule has 3 heterocycles. The van der Waals surface area contributed by atoms with Gasteiger partial charge < -0.3 is 20.9 Å². The van der Waals surface area contributed by atoms with Crippen LogP contribution in [-0.2, 0) is 15.8 Å². The number of fused-ring (bicyclic) bond motifs is 2. The topological polar surface area (TPSA) is 127 Å². The number of ether oxygens (including phenoxy) is 1. The van der Waals surface area contributed by atoms with E-state index in [0.29, 0.717) is 5.52 Å². The summed E-state index contributed by atoms with van der Waals surface area (Å²) in [6.45, 7) is -0.321. The van der Waals surface area contributed by atoms with E-state index in [4.69, 9.17) is 10.5 Å². The number of primary amides is 1. The highest BCUT2D eigenvalue weighted by Crippen LogP contribution is 2.47. The summed E-state index contributed by atoms with van der Waals surface area (Å²) in [5.41, 5.74) is -0.604. The molecule has 0 spiro atoms. The number of benzene rings is 2. The second kappa shape index (κ2) is 9.77. The number of amides is 2. The molecule has 0 radical (unpaired) electrons. The maximum atomic E-state index is 14.5. The molecule has 4 N–H and O–H groups in total. The van der Waals surface area contributed by atoms with Gasteiger partial charge in [-0.2, -0.15) is 13.2 Å². The average Bonchev–Trinajstić information content (AvgIpc) is 3.28. The molecule has 1 aliphatic rings. The lowest BCUT2D eigenvalue weighted by atomic mass is 9.81. The predicted octanol–water partition coefficient (Wildman–Crippen LogP) is 3.89. The van der Waals surface area contributed by atoms with Gasteiger partial charge in [0.15, 0.2) is 0 Å². The monoisotopic (exact) mass is 572 g/mol. The van der Waals surface area contributed by atoms with Gasteiger partial charge in [-0.1, -0.05) is 0 Å². The van der Waals surface area contributed by atoms with E-state index in [1.807, 2.05) is 0 Å². The molecule has 0 bridgehead atoms. The number of aliphatic hydroxyl groups is 1. The molecule has 0 unspecified atom stereocenters. The molecule has 41 heavy (non-hydrogen) atoms. The summed E-state index contributed by atoms with van der Waals surface area (Å²) in [4.78, 5) is 33.1. The zero-order valence-corrected chi connectivity index (χ0v) is 21.2. The number of nitrogens with one attached hydrogen (secondary N) is 1. The van der Waals surface area contributed by atoms with Crippen LogP contribution in [0.2, 0.25) is 0 Å². The van der Waals surface area contributed by atoms with E-state index in [1.165, 1.54) is 37.3 Å². The molecular weight excluding hydrogens is 551 g/mol. The van der Waals surface area contributed by atoms with Crippen LogP contribution >= 0.6 is 0 Å². The molecule has 8 nitrogen and oxygen atoms in total. The number of hydrogen-bond donors (Lipinski definition) is 3. The molecule has 2 aromatic heterocycles. The van der Waals surface area contributed by atoms with E-state index in [-0.39, 0.29) is 40.1 Å². The molecule has 13 heteroatoms. The minimum Gasteiger partial charge on any atom is -0.489 e. The Labute approximate surface area is 229 Å². The zero-order valence-electron chi connectivity index (χ0n) is 21.2. The molecule has 2 amide bonds. The lowest BCUT2D eigenvalue weighted by molar-refractivity contribution is -0.265. The van der Waals surface area contributed by atoms with Gasteiger partial charge in [-0.05, 0) is 61.5 Å². The fraction of sp³-hybridized carbons (Fsp3) is 0.214. The first-order chi connectivity index (χ1) is 19.2. The van der Waals surface area contributed by atoms with Crippen molar-refractivity contribution in [3.8, 4) is 17.0 Å². The maximum Gasteiger partial charge on any atom is 0.424 e. The van der Waals surface area contributed by atoms with Crippen molar-refractivity contribution in [2.75, 3.05) is 13.2 Å². The lowest BCUT2D eigenvalue weighted by Gasteiger charge is -2.31. The van der Waals surface area contributed by atoms with Gasteiger partial charge in [0.2, 0.25) is 11.5 Å². The zero-order chi connectivity index (χ0) is 29.7. The van der Waals surface area contributed by atoms with E-state index in [1.54, 1.807) is 0 Å². The second-order valence-electron chi connectivity index (χ2n) is 9.83. The smallest absolute Gasteiger partial charge is 0.424 e. The first kappa shape index (κ1) is 27.9. The van der Waals surface area contributed by atoms with Crippen molar-refractivity contribution in [2.45, 2.75) is 24.1 Å². The predicted molar refractivity (Wildman–Crippen MR) is 136 cm³/mol. The van der Waals surface area contributed by atoms with E-state index >= 15 is 0 Å². The van der Waals surface area contributed by atoms with E-state index < -0.39 is 52.9 Å². The summed E-state index contributed by atoms with van der Waals surface area (Å²) in [5.74, 6) is -3.24. The number of pyridine rings is 2. The molecule has 0 fully saturated rings. The molecule has 0 saturated carbocycles. The number of alkyl halides is 3. The quantitative estimate of drug-likeness (QED) is 0.301. The maximum absolute atomic E-state index is 14.5. The summed E-state index contributed by atoms with van der Waals surface area (Å²) < 4.78 is 76.4. The van der Waals surface area contributed by atoms with Gasteiger partial charge in [0.25, 0.3) is 5.91 Å². The van der Waals surface area contributed by atoms with Crippen molar-refractivity contribution in [1.82, 2.24) is 15.3 Å². The summed E-state index contributed by atoms with van der Waals surface area (Å²) >= 11 is 0. The van der Waals surface area contributed by atoms with Gasteiger partial charge in [0.1, 0.15) is 35.1 Å². The molecular formula is C28H21F5N4O4. The van der Waals surface area contributed by atoms with Crippen LogP contribution in [0.4, 0.5) is 22.0 Å². The number of nitrogens with two attached hydrogens (primary N) is 1. The van der Waals surface area contributed by atoms with E-state index in [0.717, 1.165) is 30.5 Å². The number of halogens is 5. The second-order valence-corrected chi connectivity index (χ2v) is 9.83. The summed E-state index contributed by atoms with van der Waals surface area (Å²) in [6.07, 6.45) is -4.40. The van der Waals surface area contributed by atoms with Crippen molar-refractivity contribution < 1.29 is 41.4 Å². The fourth-order valence-corrected chi connectivity index (χ4v) is 4.49. The normalized spacial score (nSPS) is 17.9. The molecule has 2 atom stereocenters. The van der Waals surface area contributed by atoms with Gasteiger partial charge in [-0.15, -0.1) is 0 Å². The first-order valence-corrected chi connectivity index (χ1v) is 12.1. The number of nitrogens with zero attached hydrogens (tertiary/aromatic N) is 2. The molecule has 0 aliphatic carbocycles. The highest BCUT2D eigenvalue weighted by Gasteiger charge is 2.57. The van der Waals surface area contributed by atoms with Crippen LogP contribution < -0.4 is 15.8 Å². The number of aromatic nitrogens is 2. The third-order valence-corrected chi connectivity index (χ3v) is 7.04. The lowest BCUT2D eigenvalue weighted by Crippen LogP contribution is -2.51. The largest absolute Gasteiger partial charge is 0.489 e. The Morgan fingerprint density at radius 1 is 1.07 bits per heavy atom. The fourth-order valence-electron chi connectivity index (χ4n) is 4.49. The standard InChI is InChI=1S/C28H21F5N4O4/c1-26(25(34)39)13-41-23-19(26)10-21(37-22(23)14-2-5-17(29)6-3-14)27(40,28(31,32)33)12-36-24(38)15-4-7-20-16(8-15)9-18(30)11-35-20/h2-11,40H,12-13H2,1H3,(H2,34,39)(H,36,38)/t26-,27-/m0/s1. The van der Waals surface area contributed by atoms with Crippen LogP contribution in [0.3, 0.4) is 0 Å². The minimum absolute atomic E-state index is 0.0489. The van der Waals surface area contributed by atoms with Crippen LogP contribution in [0.5, 0.6) is 5.75 Å². The Kier molecular flexibility index (Phi) is 6.65. The Morgan fingerprint density at radius 2 is 1.78 bits per heavy atom. The minimum atomic E-state index is -5.37. The SMILES string of the molecule is C[C@]1(C(N)=O)COc2c1cc([C@@](O)(CNC(=O)c1ccc3ncc(F)cc3c1)C(F)(F)F)nc2-c1ccc(F)cc1. The van der Waals surface area contributed by atoms with Crippen LogP contribution in [0.15, 0.2) is 60.8 Å². The average molecular weight is 572 g/mol. The van der Waals surface area contributed by atoms with Crippen LogP contribution in [0.25, 0.3) is 22.2 Å². The van der Waals surface area contributed by atoms with Crippen LogP contribution in [-0.4, -0.2) is 46.2 Å². The summed E-state index contributed by atoms with van der Waals surface area (Å²) in [7, 11) is 0. The van der Waals surface area contributed by atoms with Gasteiger partial charge >= 0.3 is 6.18 Å².